The van der Waals surface area contributed by atoms with Crippen molar-refractivity contribution in [3.8, 4) is 0 Å². The molecule has 0 aliphatic rings. The molecule has 3 N–H and O–H groups in total. The van der Waals surface area contributed by atoms with Crippen LogP contribution in [0.25, 0.3) is 0 Å². The summed E-state index contributed by atoms with van der Waals surface area (Å²) in [7, 11) is 0. The first-order chi connectivity index (χ1) is 9.81. The number of hydrogen-bond acceptors (Lipinski definition) is 2. The van der Waals surface area contributed by atoms with Crippen LogP contribution in [0.2, 0.25) is 0 Å². The minimum atomic E-state index is -1.04. The van der Waals surface area contributed by atoms with Crippen LogP contribution in [0.3, 0.4) is 0 Å². The van der Waals surface area contributed by atoms with Crippen LogP contribution in [0, 0.1) is 19.8 Å². The highest BCUT2D eigenvalue weighted by molar-refractivity contribution is 6.01. The number of nitrogens with one attached hydrogen (secondary N) is 2. The fraction of sp³-hybridized carbons (Fsp3) is 0.500. The van der Waals surface area contributed by atoms with Gasteiger partial charge in [-0.2, -0.15) is 0 Å². The van der Waals surface area contributed by atoms with Crippen molar-refractivity contribution in [2.45, 2.75) is 40.5 Å². The molecule has 5 heteroatoms. The van der Waals surface area contributed by atoms with Crippen LogP contribution in [0.4, 0.5) is 10.5 Å². The van der Waals surface area contributed by atoms with Crippen LogP contribution in [0.15, 0.2) is 12.1 Å². The minimum Gasteiger partial charge on any atom is -0.478 e. The van der Waals surface area contributed by atoms with Crippen molar-refractivity contribution in [1.82, 2.24) is 5.32 Å². The third-order valence-electron chi connectivity index (χ3n) is 3.19. The molecule has 0 unspecified atom stereocenters. The van der Waals surface area contributed by atoms with Gasteiger partial charge in [-0.3, -0.25) is 0 Å². The second kappa shape index (κ2) is 7.67. The van der Waals surface area contributed by atoms with Gasteiger partial charge < -0.3 is 15.7 Å². The van der Waals surface area contributed by atoms with Gasteiger partial charge in [0.15, 0.2) is 0 Å². The number of carbonyl (C=O) groups is 2. The van der Waals surface area contributed by atoms with Crippen molar-refractivity contribution in [2.75, 3.05) is 11.9 Å². The smallest absolute Gasteiger partial charge is 0.337 e. The van der Waals surface area contributed by atoms with E-state index in [0.29, 0.717) is 18.2 Å². The molecule has 1 aromatic rings. The lowest BCUT2D eigenvalue weighted by molar-refractivity contribution is 0.0698. The molecule has 1 aromatic carbocycles. The first-order valence-corrected chi connectivity index (χ1v) is 7.20. The molecule has 0 atom stereocenters. The average molecular weight is 292 g/mol. The summed E-state index contributed by atoms with van der Waals surface area (Å²) in [6.07, 6.45) is 1.95. The molecule has 5 nitrogen and oxygen atoms in total. The number of rotatable bonds is 6. The van der Waals surface area contributed by atoms with Gasteiger partial charge in [0.05, 0.1) is 11.3 Å². The standard InChI is InChI=1S/C16H24N2O3/c1-10(2)6-5-7-17-16(21)18-14-12(4)8-11(3)9-13(14)15(19)20/h8-10H,5-7H2,1-4H3,(H,19,20)(H2,17,18,21). The van der Waals surface area contributed by atoms with Gasteiger partial charge in [-0.25, -0.2) is 9.59 Å². The van der Waals surface area contributed by atoms with Crippen molar-refractivity contribution in [2.24, 2.45) is 5.92 Å². The number of anilines is 1. The van der Waals surface area contributed by atoms with Crippen molar-refractivity contribution >= 4 is 17.7 Å². The summed E-state index contributed by atoms with van der Waals surface area (Å²) in [5.41, 5.74) is 2.07. The first-order valence-electron chi connectivity index (χ1n) is 7.20. The summed E-state index contributed by atoms with van der Waals surface area (Å²) in [4.78, 5) is 23.1. The predicted molar refractivity (Wildman–Crippen MR) is 84.0 cm³/mol. The van der Waals surface area contributed by atoms with Crippen LogP contribution in [0.1, 0.15) is 48.2 Å². The Labute approximate surface area is 125 Å². The number of carboxylic acid groups (broad SMARTS) is 1. The second-order valence-corrected chi connectivity index (χ2v) is 5.73. The zero-order valence-electron chi connectivity index (χ0n) is 13.1. The third kappa shape index (κ3) is 5.45. The van der Waals surface area contributed by atoms with Gasteiger partial charge in [-0.1, -0.05) is 19.9 Å². The van der Waals surface area contributed by atoms with Crippen LogP contribution in [-0.4, -0.2) is 23.7 Å². The van der Waals surface area contributed by atoms with Gasteiger partial charge in [0, 0.05) is 6.54 Å². The molecular formula is C16H24N2O3. The van der Waals surface area contributed by atoms with Crippen LogP contribution in [0.5, 0.6) is 0 Å². The average Bonchev–Trinajstić information content (AvgIpc) is 2.37. The molecule has 0 spiro atoms. The monoisotopic (exact) mass is 292 g/mol. The molecule has 0 bridgehead atoms. The molecule has 116 valence electrons. The van der Waals surface area contributed by atoms with Gasteiger partial charge in [-0.05, 0) is 49.8 Å². The molecule has 0 saturated carbocycles. The molecule has 0 aromatic heterocycles. The number of urea groups is 1. The van der Waals surface area contributed by atoms with E-state index in [4.69, 9.17) is 0 Å². The van der Waals surface area contributed by atoms with Gasteiger partial charge in [-0.15, -0.1) is 0 Å². The molecular weight excluding hydrogens is 268 g/mol. The molecule has 0 radical (unpaired) electrons. The lowest BCUT2D eigenvalue weighted by atomic mass is 10.0. The van der Waals surface area contributed by atoms with E-state index in [1.807, 2.05) is 13.0 Å². The highest BCUT2D eigenvalue weighted by Crippen LogP contribution is 2.22. The summed E-state index contributed by atoms with van der Waals surface area (Å²) >= 11 is 0. The van der Waals surface area contributed by atoms with E-state index < -0.39 is 5.97 Å². The highest BCUT2D eigenvalue weighted by atomic mass is 16.4. The Morgan fingerprint density at radius 3 is 2.48 bits per heavy atom. The summed E-state index contributed by atoms with van der Waals surface area (Å²) in [6.45, 7) is 8.46. The number of carbonyl (C=O) groups excluding carboxylic acids is 1. The minimum absolute atomic E-state index is 0.116. The van der Waals surface area contributed by atoms with Gasteiger partial charge >= 0.3 is 12.0 Å². The van der Waals surface area contributed by atoms with E-state index in [9.17, 15) is 14.7 Å². The molecule has 21 heavy (non-hydrogen) atoms. The van der Waals surface area contributed by atoms with E-state index in [1.54, 1.807) is 13.0 Å². The predicted octanol–water partition coefficient (Wildman–Crippen LogP) is 3.56. The second-order valence-electron chi connectivity index (χ2n) is 5.73. The fourth-order valence-corrected chi connectivity index (χ4v) is 2.17. The fourth-order valence-electron chi connectivity index (χ4n) is 2.17. The van der Waals surface area contributed by atoms with E-state index in [-0.39, 0.29) is 11.6 Å². The zero-order chi connectivity index (χ0) is 16.0. The van der Waals surface area contributed by atoms with Crippen LogP contribution < -0.4 is 10.6 Å². The maximum atomic E-state index is 11.9. The maximum absolute atomic E-state index is 11.9. The van der Waals surface area contributed by atoms with E-state index in [0.717, 1.165) is 24.0 Å². The Kier molecular flexibility index (Phi) is 6.21. The number of hydrogen-bond donors (Lipinski definition) is 3. The van der Waals surface area contributed by atoms with Crippen LogP contribution >= 0.6 is 0 Å². The van der Waals surface area contributed by atoms with Crippen LogP contribution in [-0.2, 0) is 0 Å². The Hall–Kier alpha value is -2.04. The van der Waals surface area contributed by atoms with E-state index >= 15 is 0 Å². The summed E-state index contributed by atoms with van der Waals surface area (Å²) in [5, 5.41) is 14.6. The Balaban J connectivity index is 2.70. The SMILES string of the molecule is Cc1cc(C)c(NC(=O)NCCCC(C)C)c(C(=O)O)c1. The summed E-state index contributed by atoms with van der Waals surface area (Å²) < 4.78 is 0. The molecule has 0 aliphatic carbocycles. The summed E-state index contributed by atoms with van der Waals surface area (Å²) in [5.74, 6) is -0.440. The summed E-state index contributed by atoms with van der Waals surface area (Å²) in [6, 6.07) is 3.04. The molecule has 2 amide bonds. The normalized spacial score (nSPS) is 10.5. The molecule has 0 fully saturated rings. The Morgan fingerprint density at radius 2 is 1.90 bits per heavy atom. The lowest BCUT2D eigenvalue weighted by Gasteiger charge is -2.14. The number of amides is 2. The van der Waals surface area contributed by atoms with E-state index in [1.165, 1.54) is 0 Å². The molecule has 1 rings (SSSR count). The third-order valence-corrected chi connectivity index (χ3v) is 3.19. The van der Waals surface area contributed by atoms with Gasteiger partial charge in [0.25, 0.3) is 0 Å². The highest BCUT2D eigenvalue weighted by Gasteiger charge is 2.15. The largest absolute Gasteiger partial charge is 0.478 e. The number of aromatic carboxylic acids is 1. The topological polar surface area (TPSA) is 78.4 Å². The molecule has 0 aliphatic heterocycles. The van der Waals surface area contributed by atoms with E-state index in [2.05, 4.69) is 24.5 Å². The maximum Gasteiger partial charge on any atom is 0.337 e. The van der Waals surface area contributed by atoms with Crippen molar-refractivity contribution in [1.29, 1.82) is 0 Å². The first kappa shape index (κ1) is 17.0. The molecule has 0 saturated heterocycles. The number of aryl methyl sites for hydroxylation is 2. The quantitative estimate of drug-likeness (QED) is 0.701. The Morgan fingerprint density at radius 1 is 1.24 bits per heavy atom. The zero-order valence-corrected chi connectivity index (χ0v) is 13.1. The lowest BCUT2D eigenvalue weighted by Crippen LogP contribution is -2.30. The van der Waals surface area contributed by atoms with Crippen molar-refractivity contribution in [3.05, 3.63) is 28.8 Å². The molecule has 0 heterocycles. The van der Waals surface area contributed by atoms with Crippen molar-refractivity contribution < 1.29 is 14.7 Å². The van der Waals surface area contributed by atoms with Gasteiger partial charge in [0.2, 0.25) is 0 Å². The number of carboxylic acids is 1. The van der Waals surface area contributed by atoms with Crippen molar-refractivity contribution in [3.63, 3.8) is 0 Å². The van der Waals surface area contributed by atoms with Gasteiger partial charge in [0.1, 0.15) is 0 Å². The Bertz CT molecular complexity index is 524. The number of benzene rings is 1.